The molecule has 106 valence electrons. The molecule has 0 radical (unpaired) electrons. The van der Waals surface area contributed by atoms with E-state index >= 15 is 0 Å². The molecule has 1 aliphatic heterocycles. The van der Waals surface area contributed by atoms with Crippen molar-refractivity contribution < 1.29 is 0 Å². The predicted octanol–water partition coefficient (Wildman–Crippen LogP) is 1.58. The Hall–Kier alpha value is -1.13. The zero-order chi connectivity index (χ0) is 13.8. The SMILES string of the molecule is CCNCc1cnccc1N1CC(C)C(N(C)C)C1. The maximum absolute atomic E-state index is 4.27. The molecular formula is C15H26N4. The van der Waals surface area contributed by atoms with Gasteiger partial charge in [0.25, 0.3) is 0 Å². The molecular weight excluding hydrogens is 236 g/mol. The Morgan fingerprint density at radius 2 is 2.21 bits per heavy atom. The Balaban J connectivity index is 2.14. The lowest BCUT2D eigenvalue weighted by Crippen LogP contribution is -2.34. The Bertz CT molecular complexity index is 405. The summed E-state index contributed by atoms with van der Waals surface area (Å²) in [6.07, 6.45) is 3.89. The first-order valence-corrected chi connectivity index (χ1v) is 7.18. The van der Waals surface area contributed by atoms with Gasteiger partial charge in [0.1, 0.15) is 0 Å². The molecule has 0 saturated carbocycles. The van der Waals surface area contributed by atoms with Gasteiger partial charge >= 0.3 is 0 Å². The maximum atomic E-state index is 4.27. The summed E-state index contributed by atoms with van der Waals surface area (Å²) in [4.78, 5) is 9.11. The van der Waals surface area contributed by atoms with Crippen LogP contribution in [0, 0.1) is 5.92 Å². The van der Waals surface area contributed by atoms with Crippen LogP contribution in [0.5, 0.6) is 0 Å². The maximum Gasteiger partial charge on any atom is 0.0443 e. The van der Waals surface area contributed by atoms with Crippen molar-refractivity contribution in [2.75, 3.05) is 38.6 Å². The second kappa shape index (κ2) is 6.35. The van der Waals surface area contributed by atoms with Crippen LogP contribution in [0.3, 0.4) is 0 Å². The van der Waals surface area contributed by atoms with Gasteiger partial charge in [-0.3, -0.25) is 4.98 Å². The third-order valence-corrected chi connectivity index (χ3v) is 4.02. The molecule has 2 rings (SSSR count). The molecule has 1 N–H and O–H groups in total. The first-order chi connectivity index (χ1) is 9.13. The Morgan fingerprint density at radius 3 is 2.84 bits per heavy atom. The van der Waals surface area contributed by atoms with Gasteiger partial charge in [-0.25, -0.2) is 0 Å². The Kier molecular flexibility index (Phi) is 4.77. The Labute approximate surface area is 116 Å². The van der Waals surface area contributed by atoms with E-state index < -0.39 is 0 Å². The van der Waals surface area contributed by atoms with Crippen molar-refractivity contribution in [1.82, 2.24) is 15.2 Å². The molecule has 0 bridgehead atoms. The van der Waals surface area contributed by atoms with E-state index in [-0.39, 0.29) is 0 Å². The summed E-state index contributed by atoms with van der Waals surface area (Å²) in [5, 5.41) is 3.40. The number of hydrogen-bond donors (Lipinski definition) is 1. The molecule has 0 aromatic carbocycles. The fourth-order valence-corrected chi connectivity index (χ4v) is 2.94. The topological polar surface area (TPSA) is 31.4 Å². The lowest BCUT2D eigenvalue weighted by Gasteiger charge is -2.24. The summed E-state index contributed by atoms with van der Waals surface area (Å²) in [5.41, 5.74) is 2.64. The molecule has 1 aromatic rings. The molecule has 1 aromatic heterocycles. The third kappa shape index (κ3) is 3.25. The van der Waals surface area contributed by atoms with E-state index in [4.69, 9.17) is 0 Å². The second-order valence-corrected chi connectivity index (χ2v) is 5.70. The standard InChI is InChI=1S/C15H26N4/c1-5-16-8-13-9-17-7-6-14(13)19-10-12(2)15(11-19)18(3)4/h6-7,9,12,15-16H,5,8,10-11H2,1-4H3. The predicted molar refractivity (Wildman–Crippen MR) is 80.5 cm³/mol. The lowest BCUT2D eigenvalue weighted by molar-refractivity contribution is 0.266. The summed E-state index contributed by atoms with van der Waals surface area (Å²) in [5.74, 6) is 0.704. The molecule has 4 nitrogen and oxygen atoms in total. The molecule has 2 atom stereocenters. The monoisotopic (exact) mass is 262 g/mol. The van der Waals surface area contributed by atoms with Crippen LogP contribution < -0.4 is 10.2 Å². The van der Waals surface area contributed by atoms with Crippen molar-refractivity contribution in [1.29, 1.82) is 0 Å². The number of anilines is 1. The molecule has 1 saturated heterocycles. The van der Waals surface area contributed by atoms with Gasteiger partial charge in [0, 0.05) is 49.3 Å². The highest BCUT2D eigenvalue weighted by molar-refractivity contribution is 5.53. The highest BCUT2D eigenvalue weighted by atomic mass is 15.2. The average molecular weight is 262 g/mol. The van der Waals surface area contributed by atoms with E-state index in [2.05, 4.69) is 54.1 Å². The normalized spacial score (nSPS) is 23.3. The van der Waals surface area contributed by atoms with E-state index in [1.807, 2.05) is 12.4 Å². The number of rotatable bonds is 5. The highest BCUT2D eigenvalue weighted by Crippen LogP contribution is 2.28. The summed E-state index contributed by atoms with van der Waals surface area (Å²) >= 11 is 0. The van der Waals surface area contributed by atoms with Crippen LogP contribution in [-0.4, -0.2) is 49.7 Å². The molecule has 1 aliphatic rings. The number of nitrogens with zero attached hydrogens (tertiary/aromatic N) is 3. The fraction of sp³-hybridized carbons (Fsp3) is 0.667. The van der Waals surface area contributed by atoms with Crippen LogP contribution >= 0.6 is 0 Å². The van der Waals surface area contributed by atoms with Crippen LogP contribution in [0.2, 0.25) is 0 Å². The average Bonchev–Trinajstić information content (AvgIpc) is 2.79. The van der Waals surface area contributed by atoms with Gasteiger partial charge in [-0.05, 0) is 32.6 Å². The largest absolute Gasteiger partial charge is 0.369 e. The number of likely N-dealkylation sites (N-methyl/N-ethyl adjacent to an activating group) is 1. The van der Waals surface area contributed by atoms with Crippen LogP contribution in [0.1, 0.15) is 19.4 Å². The third-order valence-electron chi connectivity index (χ3n) is 4.02. The molecule has 4 heteroatoms. The zero-order valence-corrected chi connectivity index (χ0v) is 12.6. The lowest BCUT2D eigenvalue weighted by atomic mass is 10.1. The Morgan fingerprint density at radius 1 is 1.42 bits per heavy atom. The van der Waals surface area contributed by atoms with Gasteiger partial charge in [0.15, 0.2) is 0 Å². The van der Waals surface area contributed by atoms with Crippen LogP contribution in [-0.2, 0) is 6.54 Å². The van der Waals surface area contributed by atoms with E-state index in [1.54, 1.807) is 0 Å². The molecule has 0 spiro atoms. The minimum absolute atomic E-state index is 0.639. The second-order valence-electron chi connectivity index (χ2n) is 5.70. The van der Waals surface area contributed by atoms with Gasteiger partial charge in [-0.15, -0.1) is 0 Å². The van der Waals surface area contributed by atoms with E-state index in [0.717, 1.165) is 26.2 Å². The molecule has 1 fully saturated rings. The van der Waals surface area contributed by atoms with E-state index in [1.165, 1.54) is 11.3 Å². The molecule has 2 unspecified atom stereocenters. The van der Waals surface area contributed by atoms with Crippen molar-refractivity contribution in [2.24, 2.45) is 5.92 Å². The minimum atomic E-state index is 0.639. The number of pyridine rings is 1. The highest BCUT2D eigenvalue weighted by Gasteiger charge is 2.31. The van der Waals surface area contributed by atoms with Gasteiger partial charge in [-0.1, -0.05) is 13.8 Å². The molecule has 19 heavy (non-hydrogen) atoms. The van der Waals surface area contributed by atoms with Crippen molar-refractivity contribution in [3.8, 4) is 0 Å². The molecule has 0 aliphatic carbocycles. The van der Waals surface area contributed by atoms with Gasteiger partial charge in [0.05, 0.1) is 0 Å². The van der Waals surface area contributed by atoms with Crippen molar-refractivity contribution in [3.63, 3.8) is 0 Å². The van der Waals surface area contributed by atoms with Gasteiger partial charge in [-0.2, -0.15) is 0 Å². The fourth-order valence-electron chi connectivity index (χ4n) is 2.94. The summed E-state index contributed by atoms with van der Waals surface area (Å²) in [6.45, 7) is 8.61. The summed E-state index contributed by atoms with van der Waals surface area (Å²) in [7, 11) is 4.35. The number of hydrogen-bond acceptors (Lipinski definition) is 4. The van der Waals surface area contributed by atoms with Crippen LogP contribution in [0.4, 0.5) is 5.69 Å². The minimum Gasteiger partial charge on any atom is -0.369 e. The van der Waals surface area contributed by atoms with Crippen LogP contribution in [0.15, 0.2) is 18.5 Å². The first kappa shape index (κ1) is 14.3. The number of aromatic nitrogens is 1. The first-order valence-electron chi connectivity index (χ1n) is 7.18. The molecule has 2 heterocycles. The smallest absolute Gasteiger partial charge is 0.0443 e. The summed E-state index contributed by atoms with van der Waals surface area (Å²) < 4.78 is 0. The van der Waals surface area contributed by atoms with Crippen molar-refractivity contribution in [3.05, 3.63) is 24.0 Å². The van der Waals surface area contributed by atoms with E-state index in [0.29, 0.717) is 12.0 Å². The van der Waals surface area contributed by atoms with Gasteiger partial charge in [0.2, 0.25) is 0 Å². The zero-order valence-electron chi connectivity index (χ0n) is 12.6. The number of nitrogens with one attached hydrogen (secondary N) is 1. The van der Waals surface area contributed by atoms with Crippen molar-refractivity contribution >= 4 is 5.69 Å². The van der Waals surface area contributed by atoms with Crippen LogP contribution in [0.25, 0.3) is 0 Å². The van der Waals surface area contributed by atoms with E-state index in [9.17, 15) is 0 Å². The molecule has 0 amide bonds. The summed E-state index contributed by atoms with van der Waals surface area (Å²) in [6, 6.07) is 2.79. The quantitative estimate of drug-likeness (QED) is 0.873. The van der Waals surface area contributed by atoms with Crippen molar-refractivity contribution in [2.45, 2.75) is 26.4 Å². The van der Waals surface area contributed by atoms with Gasteiger partial charge < -0.3 is 15.1 Å².